The molecular weight excluding hydrogens is 462 g/mol. The molecule has 3 aromatic rings. The van der Waals surface area contributed by atoms with Crippen LogP contribution in [0, 0.1) is 6.92 Å². The Kier molecular flexibility index (Phi) is 7.61. The molecule has 0 aliphatic heterocycles. The Labute approximate surface area is 188 Å². The molecule has 8 heteroatoms. The Morgan fingerprint density at radius 1 is 1.00 bits per heavy atom. The van der Waals surface area contributed by atoms with E-state index in [0.717, 1.165) is 10.0 Å². The van der Waals surface area contributed by atoms with Gasteiger partial charge in [0.1, 0.15) is 12.3 Å². The summed E-state index contributed by atoms with van der Waals surface area (Å²) in [4.78, 5) is 39.0. The highest BCUT2D eigenvalue weighted by molar-refractivity contribution is 9.10. The van der Waals surface area contributed by atoms with E-state index in [0.29, 0.717) is 17.0 Å². The molecule has 0 saturated carbocycles. The van der Waals surface area contributed by atoms with Crippen LogP contribution in [-0.4, -0.2) is 35.7 Å². The zero-order chi connectivity index (χ0) is 22.2. The molecule has 2 N–H and O–H groups in total. The van der Waals surface area contributed by atoms with E-state index in [9.17, 15) is 14.4 Å². The third-order valence-corrected chi connectivity index (χ3v) is 4.86. The summed E-state index contributed by atoms with van der Waals surface area (Å²) in [5.41, 5.74) is 2.11. The molecule has 0 spiro atoms. The van der Waals surface area contributed by atoms with Crippen molar-refractivity contribution < 1.29 is 18.8 Å². The molecule has 3 rings (SSSR count). The minimum atomic E-state index is -0.450. The number of carbonyl (C=O) groups is 3. The molecule has 7 nitrogen and oxygen atoms in total. The maximum Gasteiger partial charge on any atom is 0.254 e. The van der Waals surface area contributed by atoms with Gasteiger partial charge in [0.2, 0.25) is 11.8 Å². The standard InChI is InChI=1S/C23H22BrN3O4/c1-16-5-2-8-19(11-16)26-21(28)13-25-22(29)15-27(14-20-9-4-10-31-20)23(30)17-6-3-7-18(24)12-17/h2-12H,13-15H2,1H3,(H,25,29)(H,26,28). The largest absolute Gasteiger partial charge is 0.467 e. The van der Waals surface area contributed by atoms with Gasteiger partial charge < -0.3 is 20.0 Å². The summed E-state index contributed by atoms with van der Waals surface area (Å²) in [6.07, 6.45) is 1.51. The van der Waals surface area contributed by atoms with Crippen LogP contribution in [-0.2, 0) is 16.1 Å². The number of furan rings is 1. The lowest BCUT2D eigenvalue weighted by molar-refractivity contribution is -0.124. The van der Waals surface area contributed by atoms with Crippen LogP contribution in [0.4, 0.5) is 5.69 Å². The van der Waals surface area contributed by atoms with Gasteiger partial charge in [0.15, 0.2) is 0 Å². The lowest BCUT2D eigenvalue weighted by atomic mass is 10.2. The van der Waals surface area contributed by atoms with Gasteiger partial charge in [-0.25, -0.2) is 0 Å². The highest BCUT2D eigenvalue weighted by Gasteiger charge is 2.21. The predicted octanol–water partition coefficient (Wildman–Crippen LogP) is 3.75. The van der Waals surface area contributed by atoms with Gasteiger partial charge in [0, 0.05) is 15.7 Å². The number of nitrogens with one attached hydrogen (secondary N) is 2. The highest BCUT2D eigenvalue weighted by atomic mass is 79.9. The number of hydrogen-bond donors (Lipinski definition) is 2. The van der Waals surface area contributed by atoms with Crippen molar-refractivity contribution in [2.45, 2.75) is 13.5 Å². The summed E-state index contributed by atoms with van der Waals surface area (Å²) >= 11 is 3.35. The fourth-order valence-corrected chi connectivity index (χ4v) is 3.33. The van der Waals surface area contributed by atoms with E-state index in [1.807, 2.05) is 31.2 Å². The molecular formula is C23H22BrN3O4. The summed E-state index contributed by atoms with van der Waals surface area (Å²) in [5, 5.41) is 5.29. The fraction of sp³-hybridized carbons (Fsp3) is 0.174. The SMILES string of the molecule is Cc1cccc(NC(=O)CNC(=O)CN(Cc2ccco2)C(=O)c2cccc(Br)c2)c1. The van der Waals surface area contributed by atoms with E-state index in [2.05, 4.69) is 26.6 Å². The van der Waals surface area contributed by atoms with E-state index in [1.165, 1.54) is 11.2 Å². The molecule has 0 atom stereocenters. The Morgan fingerprint density at radius 3 is 2.52 bits per heavy atom. The number of rotatable bonds is 8. The van der Waals surface area contributed by atoms with Crippen molar-refractivity contribution >= 4 is 39.3 Å². The summed E-state index contributed by atoms with van der Waals surface area (Å²) in [6.45, 7) is 1.63. The molecule has 31 heavy (non-hydrogen) atoms. The van der Waals surface area contributed by atoms with Crippen molar-refractivity contribution in [3.8, 4) is 0 Å². The third kappa shape index (κ3) is 6.82. The van der Waals surface area contributed by atoms with E-state index in [1.54, 1.807) is 36.4 Å². The van der Waals surface area contributed by atoms with E-state index in [-0.39, 0.29) is 31.4 Å². The molecule has 0 saturated heterocycles. The number of aryl methyl sites for hydroxylation is 1. The van der Waals surface area contributed by atoms with Gasteiger partial charge >= 0.3 is 0 Å². The summed E-state index contributed by atoms with van der Waals surface area (Å²) < 4.78 is 6.09. The number of anilines is 1. The number of nitrogens with zero attached hydrogens (tertiary/aromatic N) is 1. The number of amides is 3. The van der Waals surface area contributed by atoms with Gasteiger partial charge in [-0.2, -0.15) is 0 Å². The van der Waals surface area contributed by atoms with Gasteiger partial charge in [-0.05, 0) is 55.0 Å². The van der Waals surface area contributed by atoms with Crippen LogP contribution in [0.15, 0.2) is 75.8 Å². The lowest BCUT2D eigenvalue weighted by Gasteiger charge is -2.21. The maximum atomic E-state index is 13.0. The molecule has 0 fully saturated rings. The molecule has 3 amide bonds. The summed E-state index contributed by atoms with van der Waals surface area (Å²) in [6, 6.07) is 17.7. The number of halogens is 1. The second-order valence-corrected chi connectivity index (χ2v) is 7.86. The average Bonchev–Trinajstić information content (AvgIpc) is 3.24. The minimum Gasteiger partial charge on any atom is -0.467 e. The van der Waals surface area contributed by atoms with Gasteiger partial charge in [-0.3, -0.25) is 14.4 Å². The number of benzene rings is 2. The van der Waals surface area contributed by atoms with E-state index in [4.69, 9.17) is 4.42 Å². The van der Waals surface area contributed by atoms with Gasteiger partial charge in [0.25, 0.3) is 5.91 Å². The van der Waals surface area contributed by atoms with Crippen LogP contribution in [0.5, 0.6) is 0 Å². The van der Waals surface area contributed by atoms with Crippen molar-refractivity contribution in [1.29, 1.82) is 0 Å². The zero-order valence-corrected chi connectivity index (χ0v) is 18.5. The Bertz CT molecular complexity index is 1070. The molecule has 1 heterocycles. The van der Waals surface area contributed by atoms with Crippen molar-refractivity contribution in [2.75, 3.05) is 18.4 Å². The topological polar surface area (TPSA) is 91.7 Å². The van der Waals surface area contributed by atoms with Crippen LogP contribution in [0.3, 0.4) is 0 Å². The van der Waals surface area contributed by atoms with E-state index >= 15 is 0 Å². The maximum absolute atomic E-state index is 13.0. The van der Waals surface area contributed by atoms with Crippen LogP contribution in [0.2, 0.25) is 0 Å². The molecule has 0 aliphatic rings. The molecule has 0 radical (unpaired) electrons. The molecule has 1 aromatic heterocycles. The first-order chi connectivity index (χ1) is 14.9. The molecule has 0 bridgehead atoms. The second-order valence-electron chi connectivity index (χ2n) is 6.95. The average molecular weight is 484 g/mol. The quantitative estimate of drug-likeness (QED) is 0.510. The van der Waals surface area contributed by atoms with Crippen molar-refractivity contribution in [2.24, 2.45) is 0 Å². The van der Waals surface area contributed by atoms with Crippen molar-refractivity contribution in [1.82, 2.24) is 10.2 Å². The number of hydrogen-bond acceptors (Lipinski definition) is 4. The van der Waals surface area contributed by atoms with Gasteiger partial charge in [0.05, 0.1) is 19.4 Å². The first-order valence-electron chi connectivity index (χ1n) is 9.61. The molecule has 0 aliphatic carbocycles. The summed E-state index contributed by atoms with van der Waals surface area (Å²) in [7, 11) is 0. The molecule has 2 aromatic carbocycles. The normalized spacial score (nSPS) is 10.4. The molecule has 160 valence electrons. The summed E-state index contributed by atoms with van der Waals surface area (Å²) in [5.74, 6) is -0.574. The highest BCUT2D eigenvalue weighted by Crippen LogP contribution is 2.15. The fourth-order valence-electron chi connectivity index (χ4n) is 2.93. The van der Waals surface area contributed by atoms with Gasteiger partial charge in [-0.1, -0.05) is 34.1 Å². The predicted molar refractivity (Wildman–Crippen MR) is 120 cm³/mol. The number of carbonyl (C=O) groups excluding carboxylic acids is 3. The Hall–Kier alpha value is -3.39. The smallest absolute Gasteiger partial charge is 0.254 e. The molecule has 0 unspecified atom stereocenters. The van der Waals surface area contributed by atoms with Crippen LogP contribution in [0.25, 0.3) is 0 Å². The first-order valence-corrected chi connectivity index (χ1v) is 10.4. The Balaban J connectivity index is 1.61. The van der Waals surface area contributed by atoms with Crippen molar-refractivity contribution in [3.63, 3.8) is 0 Å². The second kappa shape index (κ2) is 10.6. The van der Waals surface area contributed by atoms with E-state index < -0.39 is 5.91 Å². The minimum absolute atomic E-state index is 0.126. The Morgan fingerprint density at radius 2 is 1.81 bits per heavy atom. The first kappa shape index (κ1) is 22.3. The van der Waals surface area contributed by atoms with Gasteiger partial charge in [-0.15, -0.1) is 0 Å². The lowest BCUT2D eigenvalue weighted by Crippen LogP contribution is -2.42. The monoisotopic (exact) mass is 483 g/mol. The van der Waals surface area contributed by atoms with Crippen LogP contribution in [0.1, 0.15) is 21.7 Å². The third-order valence-electron chi connectivity index (χ3n) is 4.37. The van der Waals surface area contributed by atoms with Crippen LogP contribution < -0.4 is 10.6 Å². The zero-order valence-electron chi connectivity index (χ0n) is 16.9. The van der Waals surface area contributed by atoms with Crippen molar-refractivity contribution in [3.05, 3.63) is 88.3 Å². The van der Waals surface area contributed by atoms with Crippen LogP contribution >= 0.6 is 15.9 Å².